The Hall–Kier alpha value is -2.04. The Labute approximate surface area is 136 Å². The fourth-order valence-electron chi connectivity index (χ4n) is 2.19. The lowest BCUT2D eigenvalue weighted by Gasteiger charge is -2.23. The number of hydrogen-bond donors (Lipinski definition) is 0. The summed E-state index contributed by atoms with van der Waals surface area (Å²) in [6, 6.07) is 6.67. The first kappa shape index (κ1) is 21.0. The van der Waals surface area contributed by atoms with Crippen molar-refractivity contribution in [2.45, 2.75) is 32.6 Å². The standard InChI is InChI=1S/C16H24FNO2.CO2/c1-4-13(14-6-8-15(17)9-7-14)12-18(3)11-10-16(19)20-5-2;2-1-3/h6-9,13H,4-5,10-12H2,1-3H3;. The minimum Gasteiger partial charge on any atom is -0.466 e. The lowest BCUT2D eigenvalue weighted by Crippen LogP contribution is -2.27. The van der Waals surface area contributed by atoms with Gasteiger partial charge in [0.1, 0.15) is 5.82 Å². The van der Waals surface area contributed by atoms with E-state index in [0.29, 0.717) is 25.5 Å². The van der Waals surface area contributed by atoms with Crippen molar-refractivity contribution in [1.29, 1.82) is 0 Å². The van der Waals surface area contributed by atoms with Gasteiger partial charge in [-0.05, 0) is 44.0 Å². The molecule has 0 aliphatic heterocycles. The summed E-state index contributed by atoms with van der Waals surface area (Å²) in [4.78, 5) is 29.7. The van der Waals surface area contributed by atoms with E-state index < -0.39 is 0 Å². The Morgan fingerprint density at radius 2 is 1.83 bits per heavy atom. The van der Waals surface area contributed by atoms with Crippen LogP contribution in [-0.2, 0) is 19.1 Å². The van der Waals surface area contributed by atoms with Gasteiger partial charge in [0.05, 0.1) is 13.0 Å². The van der Waals surface area contributed by atoms with E-state index in [1.165, 1.54) is 12.1 Å². The number of nitrogens with zero attached hydrogens (tertiary/aromatic N) is 1. The van der Waals surface area contributed by atoms with Crippen LogP contribution in [0.5, 0.6) is 0 Å². The third-order valence-electron chi connectivity index (χ3n) is 3.37. The van der Waals surface area contributed by atoms with Gasteiger partial charge in [-0.15, -0.1) is 0 Å². The zero-order chi connectivity index (χ0) is 17.7. The second-order valence-electron chi connectivity index (χ2n) is 5.06. The van der Waals surface area contributed by atoms with Gasteiger partial charge >= 0.3 is 12.1 Å². The van der Waals surface area contributed by atoms with Gasteiger partial charge in [-0.1, -0.05) is 19.1 Å². The highest BCUT2D eigenvalue weighted by Crippen LogP contribution is 2.20. The minimum atomic E-state index is -0.209. The van der Waals surface area contributed by atoms with Crippen molar-refractivity contribution in [3.63, 3.8) is 0 Å². The van der Waals surface area contributed by atoms with Gasteiger partial charge in [-0.3, -0.25) is 4.79 Å². The van der Waals surface area contributed by atoms with Crippen molar-refractivity contribution in [2.24, 2.45) is 0 Å². The number of benzene rings is 1. The van der Waals surface area contributed by atoms with Crippen LogP contribution in [0.1, 0.15) is 38.2 Å². The van der Waals surface area contributed by atoms with E-state index in [2.05, 4.69) is 11.8 Å². The predicted octanol–water partition coefficient (Wildman–Crippen LogP) is 2.62. The molecule has 0 saturated carbocycles. The van der Waals surface area contributed by atoms with Gasteiger partial charge in [0, 0.05) is 13.1 Å². The van der Waals surface area contributed by atoms with Crippen molar-refractivity contribution in [2.75, 3.05) is 26.7 Å². The average molecular weight is 325 g/mol. The van der Waals surface area contributed by atoms with E-state index in [4.69, 9.17) is 14.3 Å². The molecule has 0 amide bonds. The van der Waals surface area contributed by atoms with Crippen LogP contribution in [0.15, 0.2) is 24.3 Å². The summed E-state index contributed by atoms with van der Waals surface area (Å²) in [5.41, 5.74) is 1.14. The summed E-state index contributed by atoms with van der Waals surface area (Å²) >= 11 is 0. The molecule has 1 rings (SSSR count). The molecular formula is C17H24FNO4. The summed E-state index contributed by atoms with van der Waals surface area (Å²) in [5.74, 6) is -0.0174. The molecule has 0 saturated heterocycles. The molecule has 1 aromatic rings. The third-order valence-corrected chi connectivity index (χ3v) is 3.37. The highest BCUT2D eigenvalue weighted by Gasteiger charge is 2.13. The lowest BCUT2D eigenvalue weighted by atomic mass is 9.96. The zero-order valence-corrected chi connectivity index (χ0v) is 13.9. The molecule has 6 heteroatoms. The molecule has 0 aliphatic carbocycles. The molecule has 0 heterocycles. The first-order valence-electron chi connectivity index (χ1n) is 7.57. The van der Waals surface area contributed by atoms with Gasteiger partial charge in [-0.25, -0.2) is 4.39 Å². The first-order valence-corrected chi connectivity index (χ1v) is 7.57. The first-order chi connectivity index (χ1) is 11.0. The summed E-state index contributed by atoms with van der Waals surface area (Å²) in [6.45, 7) is 5.88. The molecular weight excluding hydrogens is 301 g/mol. The Morgan fingerprint density at radius 3 is 2.30 bits per heavy atom. The Morgan fingerprint density at radius 1 is 1.26 bits per heavy atom. The van der Waals surface area contributed by atoms with Crippen molar-refractivity contribution in [3.8, 4) is 0 Å². The van der Waals surface area contributed by atoms with Crippen LogP contribution >= 0.6 is 0 Å². The van der Waals surface area contributed by atoms with Crippen molar-refractivity contribution >= 4 is 12.1 Å². The van der Waals surface area contributed by atoms with E-state index in [9.17, 15) is 9.18 Å². The fraction of sp³-hybridized carbons (Fsp3) is 0.529. The van der Waals surface area contributed by atoms with Crippen LogP contribution in [-0.4, -0.2) is 43.8 Å². The Balaban J connectivity index is 0.00000149. The molecule has 1 unspecified atom stereocenters. The Bertz CT molecular complexity index is 484. The largest absolute Gasteiger partial charge is 0.466 e. The molecule has 5 nitrogen and oxygen atoms in total. The van der Waals surface area contributed by atoms with Crippen LogP contribution in [0.25, 0.3) is 0 Å². The topological polar surface area (TPSA) is 63.7 Å². The van der Waals surface area contributed by atoms with Gasteiger partial charge in [0.25, 0.3) is 0 Å². The van der Waals surface area contributed by atoms with E-state index in [1.54, 1.807) is 0 Å². The normalized spacial score (nSPS) is 11.2. The van der Waals surface area contributed by atoms with Crippen LogP contribution < -0.4 is 0 Å². The summed E-state index contributed by atoms with van der Waals surface area (Å²) in [7, 11) is 1.99. The molecule has 0 N–H and O–H groups in total. The molecule has 128 valence electrons. The molecule has 0 aliphatic rings. The van der Waals surface area contributed by atoms with Crippen LogP contribution in [0, 0.1) is 5.82 Å². The maximum absolute atomic E-state index is 12.9. The molecule has 0 fully saturated rings. The second kappa shape index (κ2) is 12.5. The fourth-order valence-corrected chi connectivity index (χ4v) is 2.19. The van der Waals surface area contributed by atoms with E-state index >= 15 is 0 Å². The van der Waals surface area contributed by atoms with Crippen molar-refractivity contribution in [1.82, 2.24) is 4.90 Å². The average Bonchev–Trinajstić information content (AvgIpc) is 2.53. The molecule has 0 spiro atoms. The van der Waals surface area contributed by atoms with Gasteiger partial charge in [0.2, 0.25) is 0 Å². The SMILES string of the molecule is CCOC(=O)CCN(C)CC(CC)c1ccc(F)cc1.O=C=O. The summed E-state index contributed by atoms with van der Waals surface area (Å²) in [5, 5.41) is 0. The number of hydrogen-bond acceptors (Lipinski definition) is 5. The monoisotopic (exact) mass is 325 g/mol. The number of halogens is 1. The molecule has 1 atom stereocenters. The minimum absolute atomic E-state index is 0.158. The number of likely N-dealkylation sites (N-methyl/N-ethyl adjacent to an activating group) is 1. The highest BCUT2D eigenvalue weighted by molar-refractivity contribution is 5.69. The third kappa shape index (κ3) is 9.55. The van der Waals surface area contributed by atoms with Gasteiger partial charge in [-0.2, -0.15) is 9.59 Å². The van der Waals surface area contributed by atoms with E-state index in [0.717, 1.165) is 18.5 Å². The molecule has 0 radical (unpaired) electrons. The van der Waals surface area contributed by atoms with Gasteiger partial charge in [0.15, 0.2) is 0 Å². The zero-order valence-electron chi connectivity index (χ0n) is 13.9. The molecule has 0 aromatic heterocycles. The second-order valence-corrected chi connectivity index (χ2v) is 5.06. The number of esters is 1. The van der Waals surface area contributed by atoms with Crippen LogP contribution in [0.2, 0.25) is 0 Å². The van der Waals surface area contributed by atoms with Gasteiger partial charge < -0.3 is 9.64 Å². The van der Waals surface area contributed by atoms with Crippen molar-refractivity contribution in [3.05, 3.63) is 35.6 Å². The number of rotatable bonds is 8. The number of carbonyl (C=O) groups is 1. The maximum Gasteiger partial charge on any atom is 0.373 e. The predicted molar refractivity (Wildman–Crippen MR) is 83.2 cm³/mol. The summed E-state index contributed by atoms with van der Waals surface area (Å²) < 4.78 is 17.9. The molecule has 1 aromatic carbocycles. The number of carbonyl (C=O) groups excluding carboxylic acids is 3. The van der Waals surface area contributed by atoms with Crippen LogP contribution in [0.4, 0.5) is 4.39 Å². The lowest BCUT2D eigenvalue weighted by molar-refractivity contribution is -0.191. The molecule has 0 bridgehead atoms. The molecule has 23 heavy (non-hydrogen) atoms. The number of ether oxygens (including phenoxy) is 1. The quantitative estimate of drug-likeness (QED) is 0.688. The van der Waals surface area contributed by atoms with E-state index in [-0.39, 0.29) is 17.9 Å². The maximum atomic E-state index is 12.9. The van der Waals surface area contributed by atoms with E-state index in [1.807, 2.05) is 26.1 Å². The van der Waals surface area contributed by atoms with Crippen LogP contribution in [0.3, 0.4) is 0 Å². The highest BCUT2D eigenvalue weighted by atomic mass is 19.1. The summed E-state index contributed by atoms with van der Waals surface area (Å²) in [6.07, 6.45) is 1.64. The smallest absolute Gasteiger partial charge is 0.373 e. The Kier molecular flexibility index (Phi) is 11.4. The van der Waals surface area contributed by atoms with Crippen molar-refractivity contribution < 1.29 is 23.5 Å².